The van der Waals surface area contributed by atoms with Crippen molar-refractivity contribution < 1.29 is 19.4 Å². The van der Waals surface area contributed by atoms with Crippen LogP contribution in [0.25, 0.3) is 0 Å². The van der Waals surface area contributed by atoms with Crippen LogP contribution < -0.4 is 14.8 Å². The van der Waals surface area contributed by atoms with E-state index in [-0.39, 0.29) is 19.1 Å². The van der Waals surface area contributed by atoms with Gasteiger partial charge < -0.3 is 19.9 Å². The van der Waals surface area contributed by atoms with E-state index in [2.05, 4.69) is 5.32 Å². The van der Waals surface area contributed by atoms with E-state index in [1.165, 1.54) is 7.11 Å². The number of methoxy groups -OCH3 is 2. The molecule has 0 unspecified atom stereocenters. The molecule has 20 heavy (non-hydrogen) atoms. The quantitative estimate of drug-likeness (QED) is 0.743. The van der Waals surface area contributed by atoms with Gasteiger partial charge >= 0.3 is 0 Å². The normalized spacial score (nSPS) is 10.4. The Hall–Kier alpha value is -1.79. The predicted octanol–water partition coefficient (Wildman–Crippen LogP) is 0.956. The van der Waals surface area contributed by atoms with Crippen LogP contribution in [0.2, 0.25) is 0 Å². The molecule has 0 heterocycles. The van der Waals surface area contributed by atoms with Crippen molar-refractivity contribution in [1.29, 1.82) is 0 Å². The lowest BCUT2D eigenvalue weighted by atomic mass is 10.2. The molecule has 112 valence electrons. The molecule has 0 saturated carbocycles. The van der Waals surface area contributed by atoms with Gasteiger partial charge in [-0.15, -0.1) is 0 Å². The van der Waals surface area contributed by atoms with Crippen LogP contribution in [0.3, 0.4) is 0 Å². The van der Waals surface area contributed by atoms with Gasteiger partial charge in [0.05, 0.1) is 33.1 Å². The van der Waals surface area contributed by atoms with E-state index in [1.54, 1.807) is 25.3 Å². The maximum atomic E-state index is 12.0. The maximum absolute atomic E-state index is 12.0. The van der Waals surface area contributed by atoms with Crippen LogP contribution in [0.1, 0.15) is 6.92 Å². The van der Waals surface area contributed by atoms with Crippen molar-refractivity contribution in [3.05, 3.63) is 18.2 Å². The van der Waals surface area contributed by atoms with Crippen LogP contribution in [0, 0.1) is 0 Å². The lowest BCUT2D eigenvalue weighted by Crippen LogP contribution is -2.35. The first-order valence-electron chi connectivity index (χ1n) is 6.49. The largest absolute Gasteiger partial charge is 0.497 e. The van der Waals surface area contributed by atoms with Crippen LogP contribution in [0.15, 0.2) is 18.2 Å². The average molecular weight is 282 g/mol. The third-order valence-corrected chi connectivity index (χ3v) is 2.91. The highest BCUT2D eigenvalue weighted by atomic mass is 16.5. The van der Waals surface area contributed by atoms with Crippen LogP contribution in [0.5, 0.6) is 11.5 Å². The Balaban J connectivity index is 2.69. The van der Waals surface area contributed by atoms with Crippen molar-refractivity contribution in [2.45, 2.75) is 6.92 Å². The third-order valence-electron chi connectivity index (χ3n) is 2.91. The molecule has 2 N–H and O–H groups in total. The molecule has 0 aliphatic rings. The molecular weight excluding hydrogens is 260 g/mol. The zero-order valence-electron chi connectivity index (χ0n) is 12.2. The standard InChI is InChI=1S/C14H22N2O4/c1-4-16(7-8-17)10-14(18)15-12-6-5-11(19-2)9-13(12)20-3/h5-6,9,17H,4,7-8,10H2,1-3H3,(H,15,18). The van der Waals surface area contributed by atoms with E-state index in [0.717, 1.165) is 0 Å². The molecule has 0 aromatic heterocycles. The molecule has 0 fully saturated rings. The number of nitrogens with one attached hydrogen (secondary N) is 1. The molecule has 6 nitrogen and oxygen atoms in total. The van der Waals surface area contributed by atoms with Crippen molar-refractivity contribution in [2.75, 3.05) is 45.8 Å². The maximum Gasteiger partial charge on any atom is 0.238 e. The number of ether oxygens (including phenoxy) is 2. The molecule has 0 atom stereocenters. The van der Waals surface area contributed by atoms with Gasteiger partial charge in [0.1, 0.15) is 11.5 Å². The second-order valence-electron chi connectivity index (χ2n) is 4.21. The van der Waals surface area contributed by atoms with Gasteiger partial charge in [0.25, 0.3) is 0 Å². The summed E-state index contributed by atoms with van der Waals surface area (Å²) >= 11 is 0. The summed E-state index contributed by atoms with van der Waals surface area (Å²) in [4.78, 5) is 13.8. The zero-order valence-corrected chi connectivity index (χ0v) is 12.2. The highest BCUT2D eigenvalue weighted by Gasteiger charge is 2.12. The fourth-order valence-electron chi connectivity index (χ4n) is 1.79. The third kappa shape index (κ3) is 4.71. The Morgan fingerprint density at radius 2 is 2.10 bits per heavy atom. The van der Waals surface area contributed by atoms with E-state index in [9.17, 15) is 4.79 Å². The number of hydrogen-bond acceptors (Lipinski definition) is 5. The Labute approximate surface area is 119 Å². The summed E-state index contributed by atoms with van der Waals surface area (Å²) in [5.41, 5.74) is 0.596. The highest BCUT2D eigenvalue weighted by molar-refractivity contribution is 5.93. The number of amides is 1. The number of hydrogen-bond donors (Lipinski definition) is 2. The summed E-state index contributed by atoms with van der Waals surface area (Å²) in [7, 11) is 3.11. The summed E-state index contributed by atoms with van der Waals surface area (Å²) in [6.07, 6.45) is 0. The number of rotatable bonds is 8. The van der Waals surface area contributed by atoms with Gasteiger partial charge in [-0.2, -0.15) is 0 Å². The Morgan fingerprint density at radius 1 is 1.35 bits per heavy atom. The Bertz CT molecular complexity index is 437. The summed E-state index contributed by atoms with van der Waals surface area (Å²) in [5.74, 6) is 1.06. The molecule has 0 saturated heterocycles. The van der Waals surface area contributed by atoms with Gasteiger partial charge in [-0.3, -0.25) is 9.69 Å². The van der Waals surface area contributed by atoms with Crippen molar-refractivity contribution >= 4 is 11.6 Å². The summed E-state index contributed by atoms with van der Waals surface area (Å²) < 4.78 is 10.3. The van der Waals surface area contributed by atoms with E-state index in [4.69, 9.17) is 14.6 Å². The second kappa shape index (κ2) is 8.39. The second-order valence-corrected chi connectivity index (χ2v) is 4.21. The molecule has 0 aliphatic heterocycles. The van der Waals surface area contributed by atoms with Gasteiger partial charge in [0, 0.05) is 12.6 Å². The molecule has 1 aromatic rings. The number of aliphatic hydroxyl groups excluding tert-OH is 1. The molecule has 0 bridgehead atoms. The van der Waals surface area contributed by atoms with Crippen molar-refractivity contribution in [2.24, 2.45) is 0 Å². The lowest BCUT2D eigenvalue weighted by Gasteiger charge is -2.19. The first-order valence-corrected chi connectivity index (χ1v) is 6.49. The number of carbonyl (C=O) groups excluding carboxylic acids is 1. The molecule has 1 aromatic carbocycles. The topological polar surface area (TPSA) is 71.0 Å². The number of benzene rings is 1. The average Bonchev–Trinajstić information content (AvgIpc) is 2.47. The van der Waals surface area contributed by atoms with Gasteiger partial charge in [-0.1, -0.05) is 6.92 Å². The minimum absolute atomic E-state index is 0.0347. The number of carbonyl (C=O) groups is 1. The highest BCUT2D eigenvalue weighted by Crippen LogP contribution is 2.28. The van der Waals surface area contributed by atoms with E-state index in [0.29, 0.717) is 30.3 Å². The van der Waals surface area contributed by atoms with Crippen LogP contribution >= 0.6 is 0 Å². The van der Waals surface area contributed by atoms with Gasteiger partial charge in [-0.05, 0) is 18.7 Å². The van der Waals surface area contributed by atoms with E-state index < -0.39 is 0 Å². The molecule has 1 rings (SSSR count). The minimum Gasteiger partial charge on any atom is -0.497 e. The lowest BCUT2D eigenvalue weighted by molar-refractivity contribution is -0.117. The minimum atomic E-state index is -0.149. The molecule has 0 aliphatic carbocycles. The molecular formula is C14H22N2O4. The summed E-state index contributed by atoms with van der Waals surface area (Å²) in [5, 5.41) is 11.7. The zero-order chi connectivity index (χ0) is 15.0. The van der Waals surface area contributed by atoms with Gasteiger partial charge in [-0.25, -0.2) is 0 Å². The van der Waals surface area contributed by atoms with Gasteiger partial charge in [0.15, 0.2) is 0 Å². The number of anilines is 1. The Morgan fingerprint density at radius 3 is 2.65 bits per heavy atom. The molecule has 1 amide bonds. The predicted molar refractivity (Wildman–Crippen MR) is 77.4 cm³/mol. The molecule has 0 spiro atoms. The fraction of sp³-hybridized carbons (Fsp3) is 0.500. The van der Waals surface area contributed by atoms with E-state index >= 15 is 0 Å². The van der Waals surface area contributed by atoms with Crippen molar-refractivity contribution in [1.82, 2.24) is 4.90 Å². The molecule has 0 radical (unpaired) electrons. The summed E-state index contributed by atoms with van der Waals surface area (Å²) in [6, 6.07) is 5.20. The van der Waals surface area contributed by atoms with Crippen molar-refractivity contribution in [3.8, 4) is 11.5 Å². The number of nitrogens with zero attached hydrogens (tertiary/aromatic N) is 1. The van der Waals surface area contributed by atoms with Crippen LogP contribution in [0.4, 0.5) is 5.69 Å². The Kier molecular flexibility index (Phi) is 6.83. The first kappa shape index (κ1) is 16.3. The van der Waals surface area contributed by atoms with Crippen LogP contribution in [-0.2, 0) is 4.79 Å². The van der Waals surface area contributed by atoms with Crippen molar-refractivity contribution in [3.63, 3.8) is 0 Å². The van der Waals surface area contributed by atoms with Crippen LogP contribution in [-0.4, -0.2) is 56.4 Å². The number of likely N-dealkylation sites (N-methyl/N-ethyl adjacent to an activating group) is 1. The van der Waals surface area contributed by atoms with E-state index in [1.807, 2.05) is 11.8 Å². The van der Waals surface area contributed by atoms with Gasteiger partial charge in [0.2, 0.25) is 5.91 Å². The first-order chi connectivity index (χ1) is 9.64. The number of aliphatic hydroxyl groups is 1. The fourth-order valence-corrected chi connectivity index (χ4v) is 1.79. The SMILES string of the molecule is CCN(CCO)CC(=O)Nc1ccc(OC)cc1OC. The summed E-state index contributed by atoms with van der Waals surface area (Å²) in [6.45, 7) is 3.38. The smallest absolute Gasteiger partial charge is 0.238 e. The monoisotopic (exact) mass is 282 g/mol. The molecule has 6 heteroatoms.